The van der Waals surface area contributed by atoms with E-state index in [1.807, 2.05) is 0 Å². The maximum absolute atomic E-state index is 13.0. The lowest BCUT2D eigenvalue weighted by Gasteiger charge is -2.33. The summed E-state index contributed by atoms with van der Waals surface area (Å²) in [5.41, 5.74) is 0. The van der Waals surface area contributed by atoms with E-state index in [1.165, 1.54) is 0 Å². The van der Waals surface area contributed by atoms with Gasteiger partial charge in [0.15, 0.2) is 0 Å². The van der Waals surface area contributed by atoms with E-state index in [4.69, 9.17) is 0 Å². The van der Waals surface area contributed by atoms with Crippen molar-refractivity contribution in [2.45, 2.75) is 25.2 Å². The molecule has 1 atom stereocenters. The fourth-order valence-corrected chi connectivity index (χ4v) is 2.59. The fourth-order valence-electron chi connectivity index (χ4n) is 2.59. The predicted octanol–water partition coefficient (Wildman–Crippen LogP) is 1.67. The zero-order valence-corrected chi connectivity index (χ0v) is 9.38. The van der Waals surface area contributed by atoms with Crippen molar-refractivity contribution in [1.29, 1.82) is 0 Å². The first kappa shape index (κ1) is 11.3. The molecule has 0 unspecified atom stereocenters. The van der Waals surface area contributed by atoms with Crippen molar-refractivity contribution >= 4 is 0 Å². The molecule has 0 N–H and O–H groups in total. The number of piperazine rings is 1. The van der Waals surface area contributed by atoms with Crippen LogP contribution in [0, 0.1) is 5.92 Å². The standard InChI is InChI=1S/C11H20F2N2/c1-14-4-6-15(7-5-14)9-10-2-3-11(12,13)8-10/h10H,2-9H2,1H3/t10-/m0/s1. The van der Waals surface area contributed by atoms with Gasteiger partial charge < -0.3 is 9.80 Å². The summed E-state index contributed by atoms with van der Waals surface area (Å²) in [7, 11) is 2.11. The molecule has 2 fully saturated rings. The molecule has 2 rings (SSSR count). The van der Waals surface area contributed by atoms with E-state index in [1.54, 1.807) is 0 Å². The molecule has 0 spiro atoms. The van der Waals surface area contributed by atoms with Crippen LogP contribution in [0.4, 0.5) is 8.78 Å². The molecule has 0 aromatic carbocycles. The molecule has 88 valence electrons. The third-order valence-corrected chi connectivity index (χ3v) is 3.62. The molecule has 0 radical (unpaired) electrons. The molecular weight excluding hydrogens is 198 g/mol. The van der Waals surface area contributed by atoms with E-state index in [0.29, 0.717) is 6.42 Å². The van der Waals surface area contributed by atoms with Gasteiger partial charge >= 0.3 is 0 Å². The quantitative estimate of drug-likeness (QED) is 0.695. The third-order valence-electron chi connectivity index (χ3n) is 3.62. The lowest BCUT2D eigenvalue weighted by molar-refractivity contribution is 0.00271. The Balaban J connectivity index is 1.74. The van der Waals surface area contributed by atoms with Crippen molar-refractivity contribution in [3.8, 4) is 0 Å². The molecule has 1 heterocycles. The summed E-state index contributed by atoms with van der Waals surface area (Å²) in [6.07, 6.45) is 0.921. The minimum atomic E-state index is -2.38. The smallest absolute Gasteiger partial charge is 0.248 e. The van der Waals surface area contributed by atoms with Gasteiger partial charge in [0.2, 0.25) is 5.92 Å². The Bertz CT molecular complexity index is 213. The Labute approximate surface area is 90.2 Å². The summed E-state index contributed by atoms with van der Waals surface area (Å²) in [4.78, 5) is 4.63. The van der Waals surface area contributed by atoms with Crippen LogP contribution in [-0.4, -0.2) is 55.5 Å². The van der Waals surface area contributed by atoms with Gasteiger partial charge in [-0.3, -0.25) is 0 Å². The molecular formula is C11H20F2N2. The Morgan fingerprint density at radius 1 is 1.20 bits per heavy atom. The van der Waals surface area contributed by atoms with Crippen molar-refractivity contribution in [3.05, 3.63) is 0 Å². The minimum Gasteiger partial charge on any atom is -0.304 e. The highest BCUT2D eigenvalue weighted by Crippen LogP contribution is 2.39. The van der Waals surface area contributed by atoms with Crippen molar-refractivity contribution in [2.75, 3.05) is 39.8 Å². The monoisotopic (exact) mass is 218 g/mol. The second-order valence-corrected chi connectivity index (χ2v) is 5.07. The first-order valence-electron chi connectivity index (χ1n) is 5.84. The highest BCUT2D eigenvalue weighted by Gasteiger charge is 2.39. The van der Waals surface area contributed by atoms with Gasteiger partial charge in [-0.05, 0) is 19.4 Å². The van der Waals surface area contributed by atoms with Gasteiger partial charge in [0.1, 0.15) is 0 Å². The highest BCUT2D eigenvalue weighted by molar-refractivity contribution is 4.84. The molecule has 1 aliphatic heterocycles. The highest BCUT2D eigenvalue weighted by atomic mass is 19.3. The number of halogens is 2. The summed E-state index contributed by atoms with van der Waals surface area (Å²) >= 11 is 0. The molecule has 1 saturated heterocycles. The van der Waals surface area contributed by atoms with Crippen LogP contribution in [0.1, 0.15) is 19.3 Å². The summed E-state index contributed by atoms with van der Waals surface area (Å²) < 4.78 is 26.0. The Kier molecular flexibility index (Phi) is 3.26. The lowest BCUT2D eigenvalue weighted by atomic mass is 10.1. The van der Waals surface area contributed by atoms with Gasteiger partial charge in [0.25, 0.3) is 0 Å². The molecule has 0 bridgehead atoms. The zero-order valence-electron chi connectivity index (χ0n) is 9.38. The van der Waals surface area contributed by atoms with Crippen molar-refractivity contribution in [2.24, 2.45) is 5.92 Å². The van der Waals surface area contributed by atoms with Gasteiger partial charge in [0.05, 0.1) is 0 Å². The van der Waals surface area contributed by atoms with Crippen LogP contribution in [0.3, 0.4) is 0 Å². The predicted molar refractivity (Wildman–Crippen MR) is 56.2 cm³/mol. The van der Waals surface area contributed by atoms with Crippen molar-refractivity contribution in [1.82, 2.24) is 9.80 Å². The summed E-state index contributed by atoms with van der Waals surface area (Å²) in [5.74, 6) is -2.15. The molecule has 2 nitrogen and oxygen atoms in total. The van der Waals surface area contributed by atoms with Gasteiger partial charge in [-0.25, -0.2) is 8.78 Å². The average Bonchev–Trinajstić information content (AvgIpc) is 2.50. The summed E-state index contributed by atoms with van der Waals surface area (Å²) in [6, 6.07) is 0. The molecule has 15 heavy (non-hydrogen) atoms. The number of rotatable bonds is 2. The third kappa shape index (κ3) is 3.11. The first-order chi connectivity index (χ1) is 7.05. The van der Waals surface area contributed by atoms with Crippen molar-refractivity contribution < 1.29 is 8.78 Å². The van der Waals surface area contributed by atoms with Crippen LogP contribution in [0.25, 0.3) is 0 Å². The molecule has 1 aliphatic carbocycles. The topological polar surface area (TPSA) is 6.48 Å². The molecule has 4 heteroatoms. The van der Waals surface area contributed by atoms with Gasteiger partial charge in [0, 0.05) is 45.6 Å². The number of hydrogen-bond donors (Lipinski definition) is 0. The first-order valence-corrected chi connectivity index (χ1v) is 5.84. The molecule has 1 saturated carbocycles. The average molecular weight is 218 g/mol. The van der Waals surface area contributed by atoms with Crippen LogP contribution in [0.5, 0.6) is 0 Å². The summed E-state index contributed by atoms with van der Waals surface area (Å²) in [5, 5.41) is 0. The number of hydrogen-bond acceptors (Lipinski definition) is 2. The normalized spacial score (nSPS) is 33.4. The lowest BCUT2D eigenvalue weighted by Crippen LogP contribution is -2.45. The molecule has 0 aromatic rings. The maximum Gasteiger partial charge on any atom is 0.248 e. The van der Waals surface area contributed by atoms with Crippen LogP contribution >= 0.6 is 0 Å². The minimum absolute atomic E-state index is 0.103. The van der Waals surface area contributed by atoms with E-state index < -0.39 is 5.92 Å². The van der Waals surface area contributed by atoms with E-state index >= 15 is 0 Å². The Morgan fingerprint density at radius 2 is 1.87 bits per heavy atom. The Hall–Kier alpha value is -0.220. The van der Waals surface area contributed by atoms with Crippen LogP contribution in [-0.2, 0) is 0 Å². The van der Waals surface area contributed by atoms with E-state index in [0.717, 1.165) is 32.7 Å². The molecule has 2 aliphatic rings. The maximum atomic E-state index is 13.0. The largest absolute Gasteiger partial charge is 0.304 e. The van der Waals surface area contributed by atoms with E-state index in [-0.39, 0.29) is 18.8 Å². The number of nitrogens with zero attached hydrogens (tertiary/aromatic N) is 2. The van der Waals surface area contributed by atoms with E-state index in [2.05, 4.69) is 16.8 Å². The SMILES string of the molecule is CN1CCN(C[C@H]2CCC(F)(F)C2)CC1. The number of alkyl halides is 2. The number of likely N-dealkylation sites (N-methyl/N-ethyl adjacent to an activating group) is 1. The van der Waals surface area contributed by atoms with Gasteiger partial charge in [-0.2, -0.15) is 0 Å². The van der Waals surface area contributed by atoms with Crippen LogP contribution < -0.4 is 0 Å². The second kappa shape index (κ2) is 4.34. The zero-order chi connectivity index (χ0) is 10.9. The fraction of sp³-hybridized carbons (Fsp3) is 1.00. The van der Waals surface area contributed by atoms with Crippen LogP contribution in [0.15, 0.2) is 0 Å². The van der Waals surface area contributed by atoms with Gasteiger partial charge in [-0.1, -0.05) is 0 Å². The molecule has 0 aromatic heterocycles. The van der Waals surface area contributed by atoms with E-state index in [9.17, 15) is 8.78 Å². The summed E-state index contributed by atoms with van der Waals surface area (Å²) in [6.45, 7) is 5.10. The van der Waals surface area contributed by atoms with Crippen molar-refractivity contribution in [3.63, 3.8) is 0 Å². The molecule has 0 amide bonds. The van der Waals surface area contributed by atoms with Crippen LogP contribution in [0.2, 0.25) is 0 Å². The second-order valence-electron chi connectivity index (χ2n) is 5.07. The Morgan fingerprint density at radius 3 is 2.40 bits per heavy atom. The van der Waals surface area contributed by atoms with Gasteiger partial charge in [-0.15, -0.1) is 0 Å².